The van der Waals surface area contributed by atoms with Crippen molar-refractivity contribution in [2.45, 2.75) is 26.2 Å². The van der Waals surface area contributed by atoms with Crippen molar-refractivity contribution in [3.8, 4) is 0 Å². The average Bonchev–Trinajstić information content (AvgIpc) is 2.46. The zero-order valence-electron chi connectivity index (χ0n) is 12.0. The Kier molecular flexibility index (Phi) is 4.59. The molecule has 1 amide bonds. The highest BCUT2D eigenvalue weighted by Crippen LogP contribution is 2.29. The van der Waals surface area contributed by atoms with Crippen molar-refractivity contribution >= 4 is 5.91 Å². The summed E-state index contributed by atoms with van der Waals surface area (Å²) in [6.07, 6.45) is 2.82. The van der Waals surface area contributed by atoms with E-state index in [-0.39, 0.29) is 5.41 Å². The number of hydrogen-bond acceptors (Lipinski definition) is 2. The molecule has 1 heterocycles. The second kappa shape index (κ2) is 6.20. The van der Waals surface area contributed by atoms with Crippen molar-refractivity contribution < 1.29 is 4.79 Å². The van der Waals surface area contributed by atoms with E-state index in [1.54, 1.807) is 0 Å². The van der Waals surface area contributed by atoms with Crippen LogP contribution in [0.25, 0.3) is 0 Å². The van der Waals surface area contributed by atoms with Crippen LogP contribution in [0.5, 0.6) is 0 Å². The lowest BCUT2D eigenvalue weighted by Crippen LogP contribution is -2.46. The number of rotatable bonds is 4. The van der Waals surface area contributed by atoms with Gasteiger partial charge in [-0.25, -0.2) is 0 Å². The number of carbonyl (C=O) groups is 1. The van der Waals surface area contributed by atoms with Gasteiger partial charge < -0.3 is 10.2 Å². The molecule has 0 aliphatic carbocycles. The lowest BCUT2D eigenvalue weighted by Gasteiger charge is -2.36. The zero-order chi connectivity index (χ0) is 13.7. The number of nitrogens with one attached hydrogen (secondary N) is 1. The number of piperidine rings is 1. The van der Waals surface area contributed by atoms with Crippen LogP contribution in [0.3, 0.4) is 0 Å². The maximum absolute atomic E-state index is 12.5. The third-order valence-corrected chi connectivity index (χ3v) is 4.15. The minimum atomic E-state index is -0.170. The Labute approximate surface area is 116 Å². The fraction of sp³-hybridized carbons (Fsp3) is 0.562. The Morgan fingerprint density at radius 1 is 1.26 bits per heavy atom. The highest BCUT2D eigenvalue weighted by atomic mass is 16.2. The number of benzene rings is 1. The first-order chi connectivity index (χ1) is 9.12. The third-order valence-electron chi connectivity index (χ3n) is 4.15. The third kappa shape index (κ3) is 3.57. The molecule has 0 radical (unpaired) electrons. The van der Waals surface area contributed by atoms with Crippen molar-refractivity contribution in [3.63, 3.8) is 0 Å². The molecular weight excluding hydrogens is 236 g/mol. The lowest BCUT2D eigenvalue weighted by atomic mass is 9.79. The predicted octanol–water partition coefficient (Wildman–Crippen LogP) is 2.08. The summed E-state index contributed by atoms with van der Waals surface area (Å²) in [6.45, 7) is 4.81. The number of likely N-dealkylation sites (N-methyl/N-ethyl adjacent to an activating group) is 1. The molecule has 0 aromatic heterocycles. The molecule has 2 rings (SSSR count). The molecule has 19 heavy (non-hydrogen) atoms. The van der Waals surface area contributed by atoms with Crippen LogP contribution in [0.2, 0.25) is 0 Å². The number of nitrogens with zero attached hydrogens (tertiary/aromatic N) is 1. The molecule has 1 aromatic carbocycles. The van der Waals surface area contributed by atoms with E-state index in [1.807, 2.05) is 30.1 Å². The predicted molar refractivity (Wildman–Crippen MR) is 78.0 cm³/mol. The molecule has 0 spiro atoms. The molecule has 3 heteroatoms. The maximum atomic E-state index is 12.5. The Morgan fingerprint density at radius 3 is 2.53 bits per heavy atom. The van der Waals surface area contributed by atoms with Gasteiger partial charge in [0.05, 0.1) is 0 Å². The van der Waals surface area contributed by atoms with E-state index in [0.29, 0.717) is 5.91 Å². The summed E-state index contributed by atoms with van der Waals surface area (Å²) in [6, 6.07) is 10.3. The van der Waals surface area contributed by atoms with Gasteiger partial charge in [-0.15, -0.1) is 0 Å². The molecule has 1 aromatic rings. The zero-order valence-corrected chi connectivity index (χ0v) is 12.0. The van der Waals surface area contributed by atoms with Gasteiger partial charge in [0.1, 0.15) is 0 Å². The first kappa shape index (κ1) is 14.1. The first-order valence-corrected chi connectivity index (χ1v) is 7.12. The largest absolute Gasteiger partial charge is 0.345 e. The quantitative estimate of drug-likeness (QED) is 0.899. The van der Waals surface area contributed by atoms with E-state index in [2.05, 4.69) is 24.4 Å². The van der Waals surface area contributed by atoms with Crippen molar-refractivity contribution in [2.24, 2.45) is 5.41 Å². The van der Waals surface area contributed by atoms with Crippen LogP contribution in [0, 0.1) is 5.41 Å². The minimum absolute atomic E-state index is 0.170. The van der Waals surface area contributed by atoms with Gasteiger partial charge in [-0.2, -0.15) is 0 Å². The SMILES string of the molecule is CN(CCc1ccccc1)C(=O)C1(C)CCNCC1. The van der Waals surface area contributed by atoms with Gasteiger partial charge in [0.2, 0.25) is 5.91 Å². The smallest absolute Gasteiger partial charge is 0.228 e. The van der Waals surface area contributed by atoms with Crippen LogP contribution in [-0.4, -0.2) is 37.5 Å². The topological polar surface area (TPSA) is 32.3 Å². The van der Waals surface area contributed by atoms with Crippen molar-refractivity contribution in [1.82, 2.24) is 10.2 Å². The van der Waals surface area contributed by atoms with Gasteiger partial charge in [0.15, 0.2) is 0 Å². The number of hydrogen-bond donors (Lipinski definition) is 1. The Morgan fingerprint density at radius 2 is 1.89 bits per heavy atom. The molecule has 1 saturated heterocycles. The second-order valence-corrected chi connectivity index (χ2v) is 5.77. The molecule has 0 atom stereocenters. The Balaban J connectivity index is 1.88. The second-order valence-electron chi connectivity index (χ2n) is 5.77. The summed E-state index contributed by atoms with van der Waals surface area (Å²) in [5.41, 5.74) is 1.12. The maximum Gasteiger partial charge on any atom is 0.228 e. The van der Waals surface area contributed by atoms with Crippen LogP contribution in [0.1, 0.15) is 25.3 Å². The molecule has 0 unspecified atom stereocenters. The molecule has 104 valence electrons. The number of carbonyl (C=O) groups excluding carboxylic acids is 1. The van der Waals surface area contributed by atoms with Gasteiger partial charge in [-0.1, -0.05) is 37.3 Å². The summed E-state index contributed by atoms with van der Waals surface area (Å²) in [4.78, 5) is 14.4. The monoisotopic (exact) mass is 260 g/mol. The fourth-order valence-electron chi connectivity index (χ4n) is 2.70. The van der Waals surface area contributed by atoms with Crippen LogP contribution in [-0.2, 0) is 11.2 Å². The molecule has 1 N–H and O–H groups in total. The first-order valence-electron chi connectivity index (χ1n) is 7.12. The summed E-state index contributed by atoms with van der Waals surface area (Å²) < 4.78 is 0. The molecule has 0 bridgehead atoms. The van der Waals surface area contributed by atoms with Gasteiger partial charge in [0, 0.05) is 19.0 Å². The van der Waals surface area contributed by atoms with E-state index in [9.17, 15) is 4.79 Å². The Hall–Kier alpha value is -1.35. The lowest BCUT2D eigenvalue weighted by molar-refractivity contribution is -0.141. The molecule has 1 fully saturated rings. The minimum Gasteiger partial charge on any atom is -0.345 e. The van der Waals surface area contributed by atoms with Crippen LogP contribution in [0.15, 0.2) is 30.3 Å². The molecule has 1 aliphatic heterocycles. The van der Waals surface area contributed by atoms with Gasteiger partial charge in [-0.05, 0) is 37.9 Å². The van der Waals surface area contributed by atoms with E-state index in [1.165, 1.54) is 5.56 Å². The van der Waals surface area contributed by atoms with Crippen molar-refractivity contribution in [1.29, 1.82) is 0 Å². The number of amides is 1. The van der Waals surface area contributed by atoms with E-state index < -0.39 is 0 Å². The molecule has 3 nitrogen and oxygen atoms in total. The average molecular weight is 260 g/mol. The van der Waals surface area contributed by atoms with Gasteiger partial charge in [-0.3, -0.25) is 4.79 Å². The van der Waals surface area contributed by atoms with E-state index >= 15 is 0 Å². The molecular formula is C16H24N2O. The molecule has 0 saturated carbocycles. The van der Waals surface area contributed by atoms with Gasteiger partial charge in [0.25, 0.3) is 0 Å². The Bertz CT molecular complexity index is 410. The van der Waals surface area contributed by atoms with Crippen LogP contribution in [0.4, 0.5) is 0 Å². The van der Waals surface area contributed by atoms with Crippen molar-refractivity contribution in [2.75, 3.05) is 26.7 Å². The van der Waals surface area contributed by atoms with Crippen LogP contribution < -0.4 is 5.32 Å². The summed E-state index contributed by atoms with van der Waals surface area (Å²) in [5.74, 6) is 0.296. The summed E-state index contributed by atoms with van der Waals surface area (Å²) >= 11 is 0. The van der Waals surface area contributed by atoms with Crippen LogP contribution >= 0.6 is 0 Å². The van der Waals surface area contributed by atoms with E-state index in [4.69, 9.17) is 0 Å². The molecule has 1 aliphatic rings. The fourth-order valence-corrected chi connectivity index (χ4v) is 2.70. The van der Waals surface area contributed by atoms with Gasteiger partial charge >= 0.3 is 0 Å². The highest BCUT2D eigenvalue weighted by Gasteiger charge is 2.36. The highest BCUT2D eigenvalue weighted by molar-refractivity contribution is 5.82. The summed E-state index contributed by atoms with van der Waals surface area (Å²) in [5, 5.41) is 3.32. The normalized spacial score (nSPS) is 18.0. The van der Waals surface area contributed by atoms with E-state index in [0.717, 1.165) is 38.9 Å². The standard InChI is InChI=1S/C16H24N2O/c1-16(9-11-17-12-10-16)15(19)18(2)13-8-14-6-4-3-5-7-14/h3-7,17H,8-13H2,1-2H3. The summed E-state index contributed by atoms with van der Waals surface area (Å²) in [7, 11) is 1.93. The van der Waals surface area contributed by atoms with Crippen molar-refractivity contribution in [3.05, 3.63) is 35.9 Å².